The zero-order valence-corrected chi connectivity index (χ0v) is 17.1. The number of fused-ring (bicyclic) bond motifs is 1. The van der Waals surface area contributed by atoms with E-state index in [0.29, 0.717) is 6.42 Å². The number of halogens is 1. The van der Waals surface area contributed by atoms with E-state index in [2.05, 4.69) is 32.5 Å². The Bertz CT molecular complexity index is 801. The fraction of sp³-hybridized carbons (Fsp3) is 0.545. The number of aromatic amines is 1. The Balaban J connectivity index is 1.25. The Morgan fingerprint density at radius 3 is 2.89 bits per heavy atom. The van der Waals surface area contributed by atoms with E-state index in [1.165, 1.54) is 29.7 Å². The average Bonchev–Trinajstić information content (AvgIpc) is 3.12. The molecule has 0 unspecified atom stereocenters. The molecule has 6 heteroatoms. The summed E-state index contributed by atoms with van der Waals surface area (Å²) in [7, 11) is 0. The molecule has 2 N–H and O–H groups in total. The number of amides is 1. The van der Waals surface area contributed by atoms with Crippen LogP contribution in [0.2, 0.25) is 5.02 Å². The normalized spacial score (nSPS) is 20.0. The van der Waals surface area contributed by atoms with Crippen LogP contribution in [0.15, 0.2) is 24.3 Å². The van der Waals surface area contributed by atoms with Gasteiger partial charge < -0.3 is 5.32 Å². The first-order chi connectivity index (χ1) is 13.7. The van der Waals surface area contributed by atoms with Gasteiger partial charge in [0.05, 0.1) is 5.69 Å². The Morgan fingerprint density at radius 1 is 1.21 bits per heavy atom. The van der Waals surface area contributed by atoms with E-state index in [1.807, 2.05) is 12.1 Å². The van der Waals surface area contributed by atoms with Crippen LogP contribution < -0.4 is 5.32 Å². The van der Waals surface area contributed by atoms with Crippen molar-refractivity contribution in [2.45, 2.75) is 64.0 Å². The summed E-state index contributed by atoms with van der Waals surface area (Å²) in [6.45, 7) is 2.89. The predicted octanol–water partition coefficient (Wildman–Crippen LogP) is 3.66. The van der Waals surface area contributed by atoms with Crippen LogP contribution in [0.5, 0.6) is 0 Å². The molecule has 5 nitrogen and oxygen atoms in total. The van der Waals surface area contributed by atoms with E-state index in [0.717, 1.165) is 62.5 Å². The minimum atomic E-state index is 0.144. The quantitative estimate of drug-likeness (QED) is 0.777. The van der Waals surface area contributed by atoms with Crippen molar-refractivity contribution in [3.63, 3.8) is 0 Å². The third-order valence-corrected chi connectivity index (χ3v) is 6.17. The van der Waals surface area contributed by atoms with Crippen molar-refractivity contribution in [3.8, 4) is 0 Å². The smallest absolute Gasteiger partial charge is 0.220 e. The summed E-state index contributed by atoms with van der Waals surface area (Å²) >= 11 is 5.97. The molecule has 1 amide bonds. The van der Waals surface area contributed by atoms with Gasteiger partial charge in [0.25, 0.3) is 0 Å². The maximum atomic E-state index is 12.5. The zero-order chi connectivity index (χ0) is 19.3. The molecule has 2 heterocycles. The number of likely N-dealkylation sites (tertiary alicyclic amines) is 1. The first-order valence-electron chi connectivity index (χ1n) is 10.5. The molecule has 0 radical (unpaired) electrons. The number of hydrogen-bond donors (Lipinski definition) is 2. The van der Waals surface area contributed by atoms with E-state index in [9.17, 15) is 4.79 Å². The number of piperidine rings is 1. The lowest BCUT2D eigenvalue weighted by Gasteiger charge is -2.33. The van der Waals surface area contributed by atoms with Crippen molar-refractivity contribution in [1.82, 2.24) is 20.4 Å². The van der Waals surface area contributed by atoms with Gasteiger partial charge >= 0.3 is 0 Å². The van der Waals surface area contributed by atoms with Crippen LogP contribution in [0.3, 0.4) is 0 Å². The molecule has 2 aromatic rings. The molecule has 4 rings (SSSR count). The molecular weight excluding hydrogens is 372 g/mol. The Kier molecular flexibility index (Phi) is 6.33. The van der Waals surface area contributed by atoms with E-state index in [-0.39, 0.29) is 11.9 Å². The van der Waals surface area contributed by atoms with Crippen LogP contribution in [-0.2, 0) is 30.6 Å². The van der Waals surface area contributed by atoms with Crippen LogP contribution in [0.1, 0.15) is 54.6 Å². The highest BCUT2D eigenvalue weighted by Gasteiger charge is 2.22. The number of nitrogens with zero attached hydrogens (tertiary/aromatic N) is 2. The molecule has 1 aromatic heterocycles. The summed E-state index contributed by atoms with van der Waals surface area (Å²) in [5, 5.41) is 11.6. The molecule has 1 aliphatic carbocycles. The second-order valence-electron chi connectivity index (χ2n) is 8.10. The number of aryl methyl sites for hydroxylation is 2. The number of carbonyl (C=O) groups excluding carboxylic acids is 1. The number of benzene rings is 1. The monoisotopic (exact) mass is 400 g/mol. The van der Waals surface area contributed by atoms with E-state index < -0.39 is 0 Å². The van der Waals surface area contributed by atoms with Gasteiger partial charge in [0.1, 0.15) is 0 Å². The summed E-state index contributed by atoms with van der Waals surface area (Å²) < 4.78 is 0. The number of rotatable bonds is 6. The van der Waals surface area contributed by atoms with Crippen LogP contribution in [0.25, 0.3) is 0 Å². The zero-order valence-electron chi connectivity index (χ0n) is 16.3. The summed E-state index contributed by atoms with van der Waals surface area (Å²) in [6, 6.07) is 8.27. The van der Waals surface area contributed by atoms with Gasteiger partial charge in [-0.2, -0.15) is 5.10 Å². The summed E-state index contributed by atoms with van der Waals surface area (Å²) in [6.07, 6.45) is 8.10. The molecule has 1 aliphatic heterocycles. The number of H-pyrrole nitrogens is 1. The Labute approximate surface area is 171 Å². The summed E-state index contributed by atoms with van der Waals surface area (Å²) in [4.78, 5) is 14.9. The molecular formula is C22H29ClN4O. The number of carbonyl (C=O) groups is 1. The van der Waals surface area contributed by atoms with Crippen molar-refractivity contribution >= 4 is 17.5 Å². The third-order valence-electron chi connectivity index (χ3n) is 5.92. The molecule has 1 aromatic carbocycles. The van der Waals surface area contributed by atoms with Crippen LogP contribution >= 0.6 is 11.6 Å². The fourth-order valence-corrected chi connectivity index (χ4v) is 4.58. The Hall–Kier alpha value is -1.85. The van der Waals surface area contributed by atoms with E-state index in [4.69, 9.17) is 11.6 Å². The molecule has 1 saturated heterocycles. The summed E-state index contributed by atoms with van der Waals surface area (Å²) in [5.74, 6) is 0.144. The average molecular weight is 401 g/mol. The molecule has 0 bridgehead atoms. The minimum Gasteiger partial charge on any atom is -0.352 e. The predicted molar refractivity (Wildman–Crippen MR) is 111 cm³/mol. The first kappa shape index (κ1) is 19.5. The van der Waals surface area contributed by atoms with E-state index >= 15 is 0 Å². The van der Waals surface area contributed by atoms with Crippen LogP contribution in [0.4, 0.5) is 0 Å². The maximum absolute atomic E-state index is 12.5. The fourth-order valence-electron chi connectivity index (χ4n) is 4.45. The van der Waals surface area contributed by atoms with Crippen molar-refractivity contribution in [2.24, 2.45) is 0 Å². The standard InChI is InChI=1S/C22H29ClN4O/c23-17-9-7-16(8-10-17)14-27-13-3-4-18(15-27)24-22(28)12-11-21-19-5-1-2-6-20(19)25-26-21/h7-10,18H,1-6,11-15H2,(H,24,28)(H,25,26)/t18-/m0/s1. The third kappa shape index (κ3) is 4.95. The number of aromatic nitrogens is 2. The van der Waals surface area contributed by atoms with Gasteiger partial charge in [-0.1, -0.05) is 23.7 Å². The molecule has 2 aliphatic rings. The largest absolute Gasteiger partial charge is 0.352 e. The molecule has 0 spiro atoms. The van der Waals surface area contributed by atoms with Gasteiger partial charge in [0.15, 0.2) is 0 Å². The highest BCUT2D eigenvalue weighted by atomic mass is 35.5. The highest BCUT2D eigenvalue weighted by molar-refractivity contribution is 6.30. The second kappa shape index (κ2) is 9.10. The van der Waals surface area contributed by atoms with Gasteiger partial charge in [-0.25, -0.2) is 0 Å². The molecule has 28 heavy (non-hydrogen) atoms. The number of hydrogen-bond acceptors (Lipinski definition) is 3. The van der Waals surface area contributed by atoms with E-state index in [1.54, 1.807) is 0 Å². The van der Waals surface area contributed by atoms with Gasteiger partial charge in [-0.15, -0.1) is 0 Å². The first-order valence-corrected chi connectivity index (χ1v) is 10.9. The maximum Gasteiger partial charge on any atom is 0.220 e. The van der Waals surface area contributed by atoms with Crippen molar-refractivity contribution in [3.05, 3.63) is 51.8 Å². The summed E-state index contributed by atoms with van der Waals surface area (Å²) in [5.41, 5.74) is 5.01. The second-order valence-corrected chi connectivity index (χ2v) is 8.54. The van der Waals surface area contributed by atoms with Gasteiger partial charge in [-0.3, -0.25) is 14.8 Å². The number of nitrogens with one attached hydrogen (secondary N) is 2. The van der Waals surface area contributed by atoms with Gasteiger partial charge in [-0.05, 0) is 68.3 Å². The van der Waals surface area contributed by atoms with Gasteiger partial charge in [0.2, 0.25) is 5.91 Å². The lowest BCUT2D eigenvalue weighted by atomic mass is 9.94. The lowest BCUT2D eigenvalue weighted by molar-refractivity contribution is -0.122. The van der Waals surface area contributed by atoms with Crippen molar-refractivity contribution < 1.29 is 4.79 Å². The highest BCUT2D eigenvalue weighted by Crippen LogP contribution is 2.23. The molecule has 0 saturated carbocycles. The lowest BCUT2D eigenvalue weighted by Crippen LogP contribution is -2.47. The van der Waals surface area contributed by atoms with Crippen LogP contribution in [0, 0.1) is 0 Å². The molecule has 1 fully saturated rings. The van der Waals surface area contributed by atoms with Crippen molar-refractivity contribution in [2.75, 3.05) is 13.1 Å². The SMILES string of the molecule is O=C(CCc1n[nH]c2c1CCCC2)N[C@H]1CCCN(Cc2ccc(Cl)cc2)C1. The Morgan fingerprint density at radius 2 is 2.04 bits per heavy atom. The van der Waals surface area contributed by atoms with Crippen LogP contribution in [-0.4, -0.2) is 40.1 Å². The molecule has 1 atom stereocenters. The molecule has 150 valence electrons. The van der Waals surface area contributed by atoms with Gasteiger partial charge in [0, 0.05) is 42.7 Å². The van der Waals surface area contributed by atoms with Crippen molar-refractivity contribution in [1.29, 1.82) is 0 Å². The minimum absolute atomic E-state index is 0.144. The topological polar surface area (TPSA) is 61.0 Å².